The van der Waals surface area contributed by atoms with Crippen LogP contribution in [0.3, 0.4) is 0 Å². The van der Waals surface area contributed by atoms with E-state index in [2.05, 4.69) is 46.8 Å². The molecule has 5 aromatic rings. The second kappa shape index (κ2) is 21.3. The minimum atomic E-state index is -1.07. The molecule has 15 heteroatoms. The van der Waals surface area contributed by atoms with E-state index in [1.807, 2.05) is 82.3 Å². The van der Waals surface area contributed by atoms with Gasteiger partial charge in [0.05, 0.1) is 11.5 Å². The molecule has 3 amide bonds. The topological polar surface area (TPSA) is 192 Å². The number of aryl methyl sites for hydroxylation is 1. The SMILES string of the molecule is CCCCCc1ccc(-c2cc3cn([C@H]4C[C@H](O)[C@@H](COC(=O)[C@H](CC(C)C)NC(=O)[C@@H]5CCCN5C(=O)[C@@H](NC(=O)OCC5c6ccccc6-c6ccccc65)C(C)C)O4)c(=O)nc3o2)cc1. The first-order valence-electron chi connectivity index (χ1n) is 24.1. The van der Waals surface area contributed by atoms with Gasteiger partial charge in [0.25, 0.3) is 0 Å². The van der Waals surface area contributed by atoms with E-state index in [4.69, 9.17) is 18.6 Å². The number of aromatic nitrogens is 2. The smallest absolute Gasteiger partial charge is 0.407 e. The summed E-state index contributed by atoms with van der Waals surface area (Å²) >= 11 is 0. The van der Waals surface area contributed by atoms with Crippen LogP contribution in [0.15, 0.2) is 94.3 Å². The highest BCUT2D eigenvalue weighted by molar-refractivity contribution is 5.93. The number of fused-ring (bicyclic) bond motifs is 4. The van der Waals surface area contributed by atoms with Crippen LogP contribution in [-0.4, -0.2) is 93.5 Å². The van der Waals surface area contributed by atoms with Crippen LogP contribution in [-0.2, 0) is 35.0 Å². The van der Waals surface area contributed by atoms with Crippen molar-refractivity contribution in [1.82, 2.24) is 25.1 Å². The summed E-state index contributed by atoms with van der Waals surface area (Å²) in [7, 11) is 0. The summed E-state index contributed by atoms with van der Waals surface area (Å²) in [5.74, 6) is -1.58. The Labute approximate surface area is 396 Å². The van der Waals surface area contributed by atoms with Gasteiger partial charge >= 0.3 is 17.8 Å². The van der Waals surface area contributed by atoms with Gasteiger partial charge in [-0.3, -0.25) is 14.2 Å². The lowest BCUT2D eigenvalue weighted by molar-refractivity contribution is -0.155. The largest absolute Gasteiger partial charge is 0.461 e. The van der Waals surface area contributed by atoms with E-state index in [9.17, 15) is 29.1 Å². The number of aliphatic hydroxyl groups excluding tert-OH is 1. The van der Waals surface area contributed by atoms with Crippen molar-refractivity contribution in [2.75, 3.05) is 19.8 Å². The first kappa shape index (κ1) is 48.1. The van der Waals surface area contributed by atoms with Gasteiger partial charge in [0.15, 0.2) is 0 Å². The minimum Gasteiger partial charge on any atom is -0.461 e. The number of benzene rings is 3. The molecule has 68 heavy (non-hydrogen) atoms. The lowest BCUT2D eigenvalue weighted by atomic mass is 9.98. The maximum Gasteiger partial charge on any atom is 0.407 e. The molecular weight excluding hydrogens is 867 g/mol. The maximum atomic E-state index is 14.1. The third-order valence-electron chi connectivity index (χ3n) is 13.3. The fourth-order valence-corrected chi connectivity index (χ4v) is 9.70. The molecule has 4 heterocycles. The number of furan rings is 1. The van der Waals surface area contributed by atoms with Crippen LogP contribution in [0.1, 0.15) is 108 Å². The molecule has 8 rings (SSSR count). The number of unbranched alkanes of at least 4 members (excludes halogenated alkanes) is 2. The lowest BCUT2D eigenvalue weighted by Crippen LogP contribution is -2.57. The van der Waals surface area contributed by atoms with Crippen molar-refractivity contribution < 1.29 is 42.9 Å². The van der Waals surface area contributed by atoms with Gasteiger partial charge in [0.2, 0.25) is 17.5 Å². The third kappa shape index (κ3) is 10.7. The van der Waals surface area contributed by atoms with Crippen molar-refractivity contribution in [1.29, 1.82) is 0 Å². The summed E-state index contributed by atoms with van der Waals surface area (Å²) in [6.45, 7) is 9.68. The van der Waals surface area contributed by atoms with E-state index in [1.54, 1.807) is 6.20 Å². The summed E-state index contributed by atoms with van der Waals surface area (Å²) in [4.78, 5) is 73.9. The molecule has 1 aliphatic carbocycles. The summed E-state index contributed by atoms with van der Waals surface area (Å²) in [5, 5.41) is 17.2. The molecule has 0 saturated carbocycles. The minimum absolute atomic E-state index is 0.0220. The highest BCUT2D eigenvalue weighted by Crippen LogP contribution is 2.44. The molecule has 0 radical (unpaired) electrons. The number of nitrogens with zero attached hydrogens (tertiary/aromatic N) is 3. The average Bonchev–Trinajstić information content (AvgIpc) is 4.13. The van der Waals surface area contributed by atoms with Crippen molar-refractivity contribution in [3.05, 3.63) is 112 Å². The molecule has 2 aromatic heterocycles. The quantitative estimate of drug-likeness (QED) is 0.0577. The van der Waals surface area contributed by atoms with Gasteiger partial charge in [0.1, 0.15) is 49.4 Å². The Balaban J connectivity index is 0.856. The van der Waals surface area contributed by atoms with Crippen LogP contribution >= 0.6 is 0 Å². The van der Waals surface area contributed by atoms with Gasteiger partial charge in [-0.25, -0.2) is 14.4 Å². The molecular formula is C53H63N5O10. The van der Waals surface area contributed by atoms with Crippen LogP contribution < -0.4 is 16.3 Å². The predicted molar refractivity (Wildman–Crippen MR) is 255 cm³/mol. The number of carbonyl (C=O) groups excluding carboxylic acids is 4. The molecule has 0 spiro atoms. The number of hydrogen-bond donors (Lipinski definition) is 3. The normalized spacial score (nSPS) is 19.8. The fraction of sp³-hybridized carbons (Fsp3) is 0.472. The van der Waals surface area contributed by atoms with Crippen molar-refractivity contribution in [2.45, 2.75) is 128 Å². The van der Waals surface area contributed by atoms with Gasteiger partial charge < -0.3 is 39.3 Å². The van der Waals surface area contributed by atoms with Crippen molar-refractivity contribution in [3.63, 3.8) is 0 Å². The molecule has 2 aliphatic heterocycles. The molecule has 0 bridgehead atoms. The first-order valence-corrected chi connectivity index (χ1v) is 24.1. The molecule has 3 aliphatic rings. The second-order valence-electron chi connectivity index (χ2n) is 19.1. The lowest BCUT2D eigenvalue weighted by Gasteiger charge is -2.31. The molecule has 2 saturated heterocycles. The van der Waals surface area contributed by atoms with Crippen molar-refractivity contribution in [3.8, 4) is 22.5 Å². The first-order chi connectivity index (χ1) is 32.8. The number of ether oxygens (including phenoxy) is 3. The number of alkyl carbamates (subject to hydrolysis) is 1. The maximum absolute atomic E-state index is 14.1. The number of esters is 1. The Morgan fingerprint density at radius 1 is 0.897 bits per heavy atom. The number of carbonyl (C=O) groups is 4. The molecule has 0 unspecified atom stereocenters. The highest BCUT2D eigenvalue weighted by Gasteiger charge is 2.41. The molecule has 3 N–H and O–H groups in total. The molecule has 3 aromatic carbocycles. The van der Waals surface area contributed by atoms with Gasteiger partial charge in [-0.15, -0.1) is 0 Å². The van der Waals surface area contributed by atoms with Gasteiger partial charge in [-0.1, -0.05) is 120 Å². The van der Waals surface area contributed by atoms with Gasteiger partial charge in [-0.2, -0.15) is 4.98 Å². The Kier molecular flexibility index (Phi) is 15.1. The summed E-state index contributed by atoms with van der Waals surface area (Å²) in [5.41, 5.74) is 6.02. The van der Waals surface area contributed by atoms with E-state index < -0.39 is 66.1 Å². The zero-order valence-corrected chi connectivity index (χ0v) is 39.5. The number of aliphatic hydroxyl groups is 1. The number of nitrogens with one attached hydrogen (secondary N) is 2. The van der Waals surface area contributed by atoms with E-state index in [1.165, 1.54) is 21.5 Å². The number of amides is 3. The Hall–Kier alpha value is -6.32. The van der Waals surface area contributed by atoms with Crippen LogP contribution in [0.5, 0.6) is 0 Å². The average molecular weight is 930 g/mol. The summed E-state index contributed by atoms with van der Waals surface area (Å²) in [6, 6.07) is 23.1. The van der Waals surface area contributed by atoms with E-state index in [0.717, 1.165) is 47.1 Å². The highest BCUT2D eigenvalue weighted by atomic mass is 16.6. The zero-order valence-electron chi connectivity index (χ0n) is 39.5. The van der Waals surface area contributed by atoms with Crippen LogP contribution in [0.2, 0.25) is 0 Å². The predicted octanol–water partition coefficient (Wildman–Crippen LogP) is 7.67. The zero-order chi connectivity index (χ0) is 48.1. The van der Waals surface area contributed by atoms with E-state index in [-0.39, 0.29) is 49.5 Å². The Morgan fingerprint density at radius 3 is 2.28 bits per heavy atom. The molecule has 360 valence electrons. The van der Waals surface area contributed by atoms with Gasteiger partial charge in [-0.05, 0) is 77.8 Å². The van der Waals surface area contributed by atoms with Crippen LogP contribution in [0.4, 0.5) is 4.79 Å². The molecule has 2 fully saturated rings. The summed E-state index contributed by atoms with van der Waals surface area (Å²) in [6.07, 6.45) is 3.65. The standard InChI is InChI=1S/C53H63N5O10/c1-6-7-8-14-33-20-22-34(23-21-33)44-26-35-28-58(52(63)56-49(35)68-44)46-27-43(59)45(67-46)30-65-51(62)41(25-31(2)3)54-48(60)42-19-13-24-57(42)50(61)47(32(4)5)55-53(64)66-29-40-38-17-11-9-15-36(38)37-16-10-12-18-39(37)40/h9-12,15-18,20-23,26,28,31-32,40-43,45-47,59H,6-8,13-14,19,24-25,27,29-30H2,1-5H3,(H,54,60)(H,55,64)/t41-,42-,43-,45+,46+,47-/m0/s1. The number of rotatable bonds is 18. The van der Waals surface area contributed by atoms with Crippen molar-refractivity contribution in [2.24, 2.45) is 11.8 Å². The van der Waals surface area contributed by atoms with Gasteiger partial charge in [0, 0.05) is 30.6 Å². The van der Waals surface area contributed by atoms with E-state index >= 15 is 0 Å². The van der Waals surface area contributed by atoms with E-state index in [0.29, 0.717) is 30.5 Å². The Bertz CT molecular complexity index is 2610. The monoisotopic (exact) mass is 929 g/mol. The summed E-state index contributed by atoms with van der Waals surface area (Å²) < 4.78 is 24.8. The second-order valence-corrected chi connectivity index (χ2v) is 19.1. The molecule has 15 nitrogen and oxygen atoms in total. The van der Waals surface area contributed by atoms with Crippen LogP contribution in [0, 0.1) is 11.8 Å². The molecule has 6 atom stereocenters. The number of likely N-dealkylation sites (tertiary alicyclic amines) is 1. The van der Waals surface area contributed by atoms with Crippen molar-refractivity contribution >= 4 is 35.0 Å². The fourth-order valence-electron chi connectivity index (χ4n) is 9.70. The Morgan fingerprint density at radius 2 is 1.60 bits per heavy atom. The number of hydrogen-bond acceptors (Lipinski definition) is 11. The van der Waals surface area contributed by atoms with Crippen LogP contribution in [0.25, 0.3) is 33.6 Å². The third-order valence-corrected chi connectivity index (χ3v) is 13.3.